The second-order valence-electron chi connectivity index (χ2n) is 7.90. The third-order valence-corrected chi connectivity index (χ3v) is 6.59. The maximum Gasteiger partial charge on any atom is 0.307 e. The lowest BCUT2D eigenvalue weighted by Gasteiger charge is -2.29. The molecule has 4 N–H and O–H groups in total. The maximum absolute atomic E-state index is 12.2. The summed E-state index contributed by atoms with van der Waals surface area (Å²) in [5.74, 6) is -3.84. The molecule has 0 radical (unpaired) electrons. The Kier molecular flexibility index (Phi) is 3.50. The van der Waals surface area contributed by atoms with Crippen LogP contribution in [0.5, 0.6) is 17.2 Å². The topological polar surface area (TPSA) is 128 Å². The van der Waals surface area contributed by atoms with Gasteiger partial charge in [-0.2, -0.15) is 0 Å². The van der Waals surface area contributed by atoms with E-state index in [0.717, 1.165) is 0 Å². The number of carboxylic acids is 1. The molecule has 7 nitrogen and oxygen atoms in total. The van der Waals surface area contributed by atoms with Crippen LogP contribution in [0.1, 0.15) is 18.4 Å². The van der Waals surface area contributed by atoms with Crippen molar-refractivity contribution in [2.75, 3.05) is 0 Å². The number of hydrogen-bond donors (Lipinski definition) is 4. The van der Waals surface area contributed by atoms with Crippen molar-refractivity contribution in [2.45, 2.75) is 12.8 Å². The van der Waals surface area contributed by atoms with E-state index < -0.39 is 40.5 Å². The lowest BCUT2D eigenvalue weighted by Crippen LogP contribution is -2.26. The van der Waals surface area contributed by atoms with Crippen LogP contribution < -0.4 is 5.43 Å². The van der Waals surface area contributed by atoms with Crippen molar-refractivity contribution in [3.8, 4) is 28.6 Å². The van der Waals surface area contributed by atoms with Gasteiger partial charge in [0.1, 0.15) is 0 Å². The summed E-state index contributed by atoms with van der Waals surface area (Å²) in [5, 5.41) is 41.0. The van der Waals surface area contributed by atoms with Crippen molar-refractivity contribution in [2.24, 2.45) is 23.7 Å². The Bertz CT molecular complexity index is 1240. The first-order valence-electron chi connectivity index (χ1n) is 9.35. The molecule has 0 saturated heterocycles. The van der Waals surface area contributed by atoms with Crippen LogP contribution in [0.4, 0.5) is 0 Å². The summed E-state index contributed by atoms with van der Waals surface area (Å²) in [5.41, 5.74) is 0.256. The van der Waals surface area contributed by atoms with Crippen LogP contribution in [-0.4, -0.2) is 26.4 Å². The van der Waals surface area contributed by atoms with Crippen molar-refractivity contribution < 1.29 is 29.6 Å². The highest BCUT2D eigenvalue weighted by Gasteiger charge is 2.54. The highest BCUT2D eigenvalue weighted by molar-refractivity contribution is 5.95. The normalized spacial score (nSPS) is 27.8. The summed E-state index contributed by atoms with van der Waals surface area (Å²) >= 11 is 0. The molecular formula is C22H18O7. The zero-order chi connectivity index (χ0) is 20.6. The molecule has 1 heterocycles. The van der Waals surface area contributed by atoms with Gasteiger partial charge in [-0.1, -0.05) is 19.1 Å². The van der Waals surface area contributed by atoms with Gasteiger partial charge >= 0.3 is 5.97 Å². The number of aliphatic carboxylic acids is 1. The Morgan fingerprint density at radius 3 is 2.45 bits per heavy atom. The molecule has 1 aromatic carbocycles. The van der Waals surface area contributed by atoms with Gasteiger partial charge in [-0.25, -0.2) is 0 Å². The lowest BCUT2D eigenvalue weighted by atomic mass is 9.75. The standard InChI is InChI=1S/C22H18O7/c1-8-9-2-3-10(8)17(22(27)28)16(9)15-11-4-6-13(23)18(25)20(11)29-21-12(15)5-7-14(24)19(21)26/h2-10,16-17,23,25-26H,1H3,(H,27,28)/t8-,9+,10-,16-,17-/m0/s1. The summed E-state index contributed by atoms with van der Waals surface area (Å²) < 4.78 is 5.65. The molecule has 0 amide bonds. The molecule has 0 spiro atoms. The van der Waals surface area contributed by atoms with E-state index in [4.69, 9.17) is 4.42 Å². The second-order valence-corrected chi connectivity index (χ2v) is 7.90. The average Bonchev–Trinajstić information content (AvgIpc) is 3.19. The first-order chi connectivity index (χ1) is 13.8. The molecule has 4 aliphatic rings. The van der Waals surface area contributed by atoms with Crippen LogP contribution >= 0.6 is 0 Å². The van der Waals surface area contributed by atoms with E-state index in [0.29, 0.717) is 16.5 Å². The Labute approximate surface area is 164 Å². The molecule has 5 rings (SSSR count). The van der Waals surface area contributed by atoms with E-state index in [2.05, 4.69) is 0 Å². The van der Waals surface area contributed by atoms with Gasteiger partial charge in [-0.3, -0.25) is 9.59 Å². The van der Waals surface area contributed by atoms with Crippen molar-refractivity contribution in [1.29, 1.82) is 0 Å². The van der Waals surface area contributed by atoms with E-state index in [-0.39, 0.29) is 29.1 Å². The molecule has 5 atom stereocenters. The average molecular weight is 394 g/mol. The van der Waals surface area contributed by atoms with E-state index in [1.807, 2.05) is 19.1 Å². The Morgan fingerprint density at radius 1 is 1.00 bits per heavy atom. The molecule has 0 aromatic heterocycles. The van der Waals surface area contributed by atoms with Crippen LogP contribution in [-0.2, 0) is 4.79 Å². The fraction of sp³-hybridized carbons (Fsp3) is 0.273. The Hall–Kier alpha value is -3.48. The fourth-order valence-corrected chi connectivity index (χ4v) is 5.28. The monoisotopic (exact) mass is 394 g/mol. The van der Waals surface area contributed by atoms with E-state index in [1.165, 1.54) is 18.2 Å². The zero-order valence-electron chi connectivity index (χ0n) is 15.4. The molecular weight excluding hydrogens is 376 g/mol. The molecule has 2 bridgehead atoms. The smallest absolute Gasteiger partial charge is 0.307 e. The summed E-state index contributed by atoms with van der Waals surface area (Å²) in [6.45, 7) is 2.01. The second kappa shape index (κ2) is 5.76. The van der Waals surface area contributed by atoms with Crippen LogP contribution in [0.15, 0.2) is 45.6 Å². The van der Waals surface area contributed by atoms with Gasteiger partial charge in [0.25, 0.3) is 0 Å². The van der Waals surface area contributed by atoms with Crippen LogP contribution in [0, 0.1) is 23.7 Å². The number of carboxylic acid groups (broad SMARTS) is 1. The summed E-state index contributed by atoms with van der Waals surface area (Å²) in [4.78, 5) is 24.2. The SMILES string of the molecule is C[C@H]1[C@H]2C=C[C@@H]1[C@H](C(=O)O)[C@@H]2c1c2ccc(=O)c(O)c-2oc2c(O)c(O)ccc12. The van der Waals surface area contributed by atoms with Gasteiger partial charge in [-0.05, 0) is 47.6 Å². The van der Waals surface area contributed by atoms with Gasteiger partial charge < -0.3 is 24.8 Å². The van der Waals surface area contributed by atoms with Crippen molar-refractivity contribution >= 4 is 16.9 Å². The number of phenolic OH excluding ortho intramolecular Hbond substituents is 3. The molecule has 1 aromatic rings. The third-order valence-electron chi connectivity index (χ3n) is 6.59. The molecule has 7 heteroatoms. The number of rotatable bonds is 2. The van der Waals surface area contributed by atoms with Gasteiger partial charge in [0, 0.05) is 16.9 Å². The number of fused-ring (bicyclic) bond motifs is 4. The number of hydrogen-bond acceptors (Lipinski definition) is 6. The Morgan fingerprint density at radius 2 is 1.72 bits per heavy atom. The minimum Gasteiger partial charge on any atom is -0.504 e. The highest BCUT2D eigenvalue weighted by Crippen LogP contribution is 2.59. The van der Waals surface area contributed by atoms with Crippen molar-refractivity contribution in [1.82, 2.24) is 0 Å². The van der Waals surface area contributed by atoms with Gasteiger partial charge in [0.2, 0.25) is 16.9 Å². The molecule has 1 fully saturated rings. The van der Waals surface area contributed by atoms with E-state index in [1.54, 1.807) is 6.07 Å². The summed E-state index contributed by atoms with van der Waals surface area (Å²) in [6, 6.07) is 5.60. The molecule has 1 aliphatic heterocycles. The molecule has 148 valence electrons. The fourth-order valence-electron chi connectivity index (χ4n) is 5.28. The number of benzene rings is 2. The molecule has 1 saturated carbocycles. The summed E-state index contributed by atoms with van der Waals surface area (Å²) in [6.07, 6.45) is 3.96. The number of phenols is 3. The lowest BCUT2D eigenvalue weighted by molar-refractivity contribution is -0.143. The van der Waals surface area contributed by atoms with Crippen LogP contribution in [0.2, 0.25) is 0 Å². The molecule has 0 unspecified atom stereocenters. The minimum absolute atomic E-state index is 0.0556. The zero-order valence-corrected chi connectivity index (χ0v) is 15.4. The first-order valence-corrected chi connectivity index (χ1v) is 9.35. The molecule has 3 aliphatic carbocycles. The molecule has 29 heavy (non-hydrogen) atoms. The van der Waals surface area contributed by atoms with Gasteiger partial charge in [0.05, 0.1) is 5.92 Å². The number of aromatic hydroxyl groups is 3. The van der Waals surface area contributed by atoms with E-state index in [9.17, 15) is 30.0 Å². The van der Waals surface area contributed by atoms with E-state index >= 15 is 0 Å². The van der Waals surface area contributed by atoms with Crippen molar-refractivity contribution in [3.63, 3.8) is 0 Å². The maximum atomic E-state index is 12.2. The quantitative estimate of drug-likeness (QED) is 0.298. The van der Waals surface area contributed by atoms with Crippen LogP contribution in [0.25, 0.3) is 22.3 Å². The van der Waals surface area contributed by atoms with Crippen LogP contribution in [0.3, 0.4) is 0 Å². The number of allylic oxidation sites excluding steroid dienone is 2. The summed E-state index contributed by atoms with van der Waals surface area (Å²) in [7, 11) is 0. The largest absolute Gasteiger partial charge is 0.504 e. The Balaban J connectivity index is 1.93. The first kappa shape index (κ1) is 17.6. The highest BCUT2D eigenvalue weighted by atomic mass is 16.4. The van der Waals surface area contributed by atoms with Gasteiger partial charge in [0.15, 0.2) is 17.1 Å². The minimum atomic E-state index is -0.923. The van der Waals surface area contributed by atoms with Crippen molar-refractivity contribution in [3.05, 3.63) is 52.2 Å². The van der Waals surface area contributed by atoms with Gasteiger partial charge in [-0.15, -0.1) is 0 Å². The third kappa shape index (κ3) is 2.18. The predicted molar refractivity (Wildman–Crippen MR) is 103 cm³/mol. The number of carbonyl (C=O) groups is 1. The predicted octanol–water partition coefficient (Wildman–Crippen LogP) is 3.25.